The number of aryl methyl sites for hydroxylation is 1. The summed E-state index contributed by atoms with van der Waals surface area (Å²) >= 11 is 0. The van der Waals surface area contributed by atoms with E-state index in [0.717, 1.165) is 18.7 Å². The van der Waals surface area contributed by atoms with E-state index in [-0.39, 0.29) is 11.5 Å². The van der Waals surface area contributed by atoms with E-state index in [1.165, 1.54) is 12.1 Å². The van der Waals surface area contributed by atoms with Crippen LogP contribution in [0.25, 0.3) is 0 Å². The Labute approximate surface area is 104 Å². The van der Waals surface area contributed by atoms with E-state index in [9.17, 15) is 9.18 Å². The Balaban J connectivity index is 1.77. The van der Waals surface area contributed by atoms with Crippen LogP contribution in [-0.4, -0.2) is 22.4 Å². The molecular formula is C13H14FN3O. The van der Waals surface area contributed by atoms with Crippen molar-refractivity contribution in [1.29, 1.82) is 0 Å². The zero-order chi connectivity index (χ0) is 12.8. The van der Waals surface area contributed by atoms with Gasteiger partial charge < -0.3 is 10.3 Å². The van der Waals surface area contributed by atoms with Gasteiger partial charge in [-0.2, -0.15) is 0 Å². The first-order valence-corrected chi connectivity index (χ1v) is 5.78. The van der Waals surface area contributed by atoms with Gasteiger partial charge in [-0.3, -0.25) is 4.79 Å². The second-order valence-electron chi connectivity index (χ2n) is 3.88. The fraction of sp³-hybridized carbons (Fsp3) is 0.231. The number of carbonyl (C=O) groups is 1. The summed E-state index contributed by atoms with van der Waals surface area (Å²) in [6.45, 7) is 0.494. The van der Waals surface area contributed by atoms with Crippen molar-refractivity contribution in [3.8, 4) is 0 Å². The maximum absolute atomic E-state index is 13.3. The Kier molecular flexibility index (Phi) is 4.06. The van der Waals surface area contributed by atoms with Crippen molar-refractivity contribution >= 4 is 5.91 Å². The van der Waals surface area contributed by atoms with E-state index in [4.69, 9.17) is 0 Å². The molecule has 0 atom stereocenters. The normalized spacial score (nSPS) is 10.3. The van der Waals surface area contributed by atoms with Crippen molar-refractivity contribution in [3.05, 3.63) is 53.9 Å². The molecule has 2 N–H and O–H groups in total. The number of nitrogens with one attached hydrogen (secondary N) is 2. The maximum atomic E-state index is 13.3. The van der Waals surface area contributed by atoms with Crippen LogP contribution in [-0.2, 0) is 6.42 Å². The van der Waals surface area contributed by atoms with E-state index in [1.807, 2.05) is 0 Å². The number of benzene rings is 1. The molecule has 0 radical (unpaired) electrons. The van der Waals surface area contributed by atoms with Gasteiger partial charge in [0.05, 0.1) is 5.56 Å². The molecule has 0 bridgehead atoms. The van der Waals surface area contributed by atoms with Crippen molar-refractivity contribution < 1.29 is 9.18 Å². The van der Waals surface area contributed by atoms with Crippen LogP contribution in [0.15, 0.2) is 36.7 Å². The first kappa shape index (κ1) is 12.3. The summed E-state index contributed by atoms with van der Waals surface area (Å²) in [7, 11) is 0. The Morgan fingerprint density at radius 3 is 2.94 bits per heavy atom. The number of hydrogen-bond acceptors (Lipinski definition) is 2. The minimum Gasteiger partial charge on any atom is -0.352 e. The molecule has 0 fully saturated rings. The van der Waals surface area contributed by atoms with Crippen molar-refractivity contribution in [2.75, 3.05) is 6.54 Å². The molecule has 0 saturated carbocycles. The number of halogens is 1. The van der Waals surface area contributed by atoms with Crippen LogP contribution >= 0.6 is 0 Å². The lowest BCUT2D eigenvalue weighted by molar-refractivity contribution is 0.0949. The summed E-state index contributed by atoms with van der Waals surface area (Å²) in [6.07, 6.45) is 4.96. The topological polar surface area (TPSA) is 57.8 Å². The first-order chi connectivity index (χ1) is 8.77. The number of carbonyl (C=O) groups excluding carboxylic acids is 1. The Morgan fingerprint density at radius 2 is 2.22 bits per heavy atom. The van der Waals surface area contributed by atoms with Crippen LogP contribution in [0.5, 0.6) is 0 Å². The molecule has 0 aliphatic rings. The molecule has 1 amide bonds. The van der Waals surface area contributed by atoms with Crippen LogP contribution in [0.3, 0.4) is 0 Å². The van der Waals surface area contributed by atoms with Gasteiger partial charge in [-0.1, -0.05) is 12.1 Å². The molecule has 0 aliphatic carbocycles. The average molecular weight is 247 g/mol. The zero-order valence-corrected chi connectivity index (χ0v) is 9.82. The lowest BCUT2D eigenvalue weighted by Gasteiger charge is -2.05. The number of aromatic amines is 1. The first-order valence-electron chi connectivity index (χ1n) is 5.78. The Morgan fingerprint density at radius 1 is 1.39 bits per heavy atom. The minimum absolute atomic E-state index is 0.0792. The van der Waals surface area contributed by atoms with Crippen molar-refractivity contribution in [2.45, 2.75) is 12.8 Å². The minimum atomic E-state index is -0.499. The molecule has 18 heavy (non-hydrogen) atoms. The number of rotatable bonds is 5. The third kappa shape index (κ3) is 3.16. The average Bonchev–Trinajstić information content (AvgIpc) is 2.88. The second kappa shape index (κ2) is 5.95. The SMILES string of the molecule is O=C(NCCCc1ncc[nH]1)c1ccccc1F. The van der Waals surface area contributed by atoms with Crippen LogP contribution in [0.2, 0.25) is 0 Å². The summed E-state index contributed by atoms with van der Waals surface area (Å²) in [4.78, 5) is 18.7. The number of imidazole rings is 1. The summed E-state index contributed by atoms with van der Waals surface area (Å²) in [5.74, 6) is 0.00344. The molecule has 4 nitrogen and oxygen atoms in total. The monoisotopic (exact) mass is 247 g/mol. The number of nitrogens with zero attached hydrogens (tertiary/aromatic N) is 1. The largest absolute Gasteiger partial charge is 0.352 e. The quantitative estimate of drug-likeness (QED) is 0.793. The second-order valence-corrected chi connectivity index (χ2v) is 3.88. The fourth-order valence-electron chi connectivity index (χ4n) is 1.63. The zero-order valence-electron chi connectivity index (χ0n) is 9.82. The third-order valence-corrected chi connectivity index (χ3v) is 2.55. The van der Waals surface area contributed by atoms with E-state index in [0.29, 0.717) is 6.54 Å². The molecule has 94 valence electrons. The lowest BCUT2D eigenvalue weighted by Crippen LogP contribution is -2.25. The molecule has 0 unspecified atom stereocenters. The highest BCUT2D eigenvalue weighted by atomic mass is 19.1. The highest BCUT2D eigenvalue weighted by Crippen LogP contribution is 2.05. The van der Waals surface area contributed by atoms with E-state index in [2.05, 4.69) is 15.3 Å². The number of hydrogen-bond donors (Lipinski definition) is 2. The molecule has 2 rings (SSSR count). The molecule has 5 heteroatoms. The van der Waals surface area contributed by atoms with Crippen molar-refractivity contribution in [1.82, 2.24) is 15.3 Å². The third-order valence-electron chi connectivity index (χ3n) is 2.55. The summed E-state index contributed by atoms with van der Waals surface area (Å²) < 4.78 is 13.3. The molecule has 2 aromatic rings. The van der Waals surface area contributed by atoms with Gasteiger partial charge in [-0.25, -0.2) is 9.37 Å². The number of H-pyrrole nitrogens is 1. The highest BCUT2D eigenvalue weighted by Gasteiger charge is 2.09. The van der Waals surface area contributed by atoms with Gasteiger partial charge in [-0.15, -0.1) is 0 Å². The van der Waals surface area contributed by atoms with E-state index >= 15 is 0 Å². The predicted octanol–water partition coefficient (Wildman–Crippen LogP) is 1.91. The lowest BCUT2D eigenvalue weighted by atomic mass is 10.2. The Hall–Kier alpha value is -2.17. The summed E-state index contributed by atoms with van der Waals surface area (Å²) in [6, 6.07) is 5.94. The standard InChI is InChI=1S/C13H14FN3O/c14-11-5-2-1-4-10(11)13(18)17-7-3-6-12-15-8-9-16-12/h1-2,4-5,8-9H,3,6-7H2,(H,15,16)(H,17,18). The molecule has 1 heterocycles. The number of aromatic nitrogens is 2. The van der Waals surface area contributed by atoms with Crippen molar-refractivity contribution in [3.63, 3.8) is 0 Å². The van der Waals surface area contributed by atoms with Crippen LogP contribution in [0.4, 0.5) is 4.39 Å². The van der Waals surface area contributed by atoms with Crippen LogP contribution < -0.4 is 5.32 Å². The molecule has 1 aromatic carbocycles. The van der Waals surface area contributed by atoms with E-state index < -0.39 is 5.82 Å². The predicted molar refractivity (Wildman–Crippen MR) is 65.6 cm³/mol. The van der Waals surface area contributed by atoms with Crippen LogP contribution in [0.1, 0.15) is 22.6 Å². The van der Waals surface area contributed by atoms with Gasteiger partial charge in [0.15, 0.2) is 0 Å². The van der Waals surface area contributed by atoms with Crippen molar-refractivity contribution in [2.24, 2.45) is 0 Å². The molecule has 0 spiro atoms. The van der Waals surface area contributed by atoms with Gasteiger partial charge in [0, 0.05) is 25.4 Å². The summed E-state index contributed by atoms with van der Waals surface area (Å²) in [5.41, 5.74) is 0.0792. The fourth-order valence-corrected chi connectivity index (χ4v) is 1.63. The van der Waals surface area contributed by atoms with Crippen LogP contribution in [0, 0.1) is 5.82 Å². The van der Waals surface area contributed by atoms with Gasteiger partial charge in [0.1, 0.15) is 11.6 Å². The maximum Gasteiger partial charge on any atom is 0.254 e. The molecule has 1 aromatic heterocycles. The van der Waals surface area contributed by atoms with E-state index in [1.54, 1.807) is 24.5 Å². The molecule has 0 saturated heterocycles. The van der Waals surface area contributed by atoms with Gasteiger partial charge in [0.25, 0.3) is 5.91 Å². The molecule has 0 aliphatic heterocycles. The number of amides is 1. The Bertz CT molecular complexity index is 511. The highest BCUT2D eigenvalue weighted by molar-refractivity contribution is 5.94. The smallest absolute Gasteiger partial charge is 0.254 e. The molecular weight excluding hydrogens is 233 g/mol. The van der Waals surface area contributed by atoms with Gasteiger partial charge in [0.2, 0.25) is 0 Å². The summed E-state index contributed by atoms with van der Waals surface area (Å²) in [5, 5.41) is 2.68. The van der Waals surface area contributed by atoms with Gasteiger partial charge in [-0.05, 0) is 18.6 Å². The van der Waals surface area contributed by atoms with Gasteiger partial charge >= 0.3 is 0 Å².